The molecule has 2 fully saturated rings. The summed E-state index contributed by atoms with van der Waals surface area (Å²) in [5, 5.41) is 168. The molecule has 644 valence electrons. The normalized spacial score (nSPS) is 26.6. The molecule has 0 aliphatic carbocycles. The molecule has 0 aromatic heterocycles. The second kappa shape index (κ2) is 37.7. The standard InChI is InChI=1S/C83H90Cl2N8O28/c1-3-4-5-6-7-8-9-10-11-12-58(100)88-67-71(104)69(102)56(33-94)119-82(67)121-74-54-27-39-28-55(74)117-51-22-17-38(25-46(51)84)68(101)66-80(112)92-65(81(113)114)44-29-40(96)30-53(118-83-73(106)72(105)70(103)57(34-95)120-83)59(44)43-24-36(15-20-48(43)97)62(77(109)93-66)89-78(110)63(39)90-79(111)64-45-31-42(32-50(99)60(45)85)116-52-26-37(16-21-49(52)98)61(86-2)76(108)87-47(75(107)91-64)23-35-13-18-41(115-54)19-14-35/h13-22,24-32,47,56-57,61-73,82-83,86,94-99,101-106H,3-12,23,33-34H2,1-2H3,(H,87,108)(H,88,100)(H,89,110)(H,90,111)(H,91,107)(H,92,112)(H,93,109)(H,113,114)/t47-,56-,57-,61+,62-,63-,64+,65-,66+,67-,68-,69-,70-,71-,72+,73+,82+,83+/m1/s1. The number of carboxylic acid groups (broad SMARTS) is 1. The Morgan fingerprint density at radius 3 is 1.79 bits per heavy atom. The lowest BCUT2D eigenvalue weighted by Crippen LogP contribution is -2.65. The van der Waals surface area contributed by atoms with E-state index in [0.29, 0.717) is 18.4 Å². The molecule has 8 aliphatic rings. The number of hydrogen-bond acceptors (Lipinski definition) is 28. The number of carbonyl (C=O) groups excluding carboxylic acids is 7. The van der Waals surface area contributed by atoms with Gasteiger partial charge >= 0.3 is 5.97 Å². The molecule has 7 amide bonds. The number of phenolic OH excluding ortho intramolecular Hbond substituents is 4. The van der Waals surface area contributed by atoms with E-state index in [2.05, 4.69) is 49.5 Å². The number of halogens is 2. The van der Waals surface area contributed by atoms with Crippen molar-refractivity contribution < 1.29 is 138 Å². The summed E-state index contributed by atoms with van der Waals surface area (Å²) in [6, 6.07) is 5.35. The number of aromatic hydroxyl groups is 4. The monoisotopic (exact) mass is 1720 g/mol. The summed E-state index contributed by atoms with van der Waals surface area (Å²) in [4.78, 5) is 123. The van der Waals surface area contributed by atoms with Gasteiger partial charge in [-0.2, -0.15) is 0 Å². The Kier molecular flexibility index (Phi) is 27.3. The topological polar surface area (TPSA) is 560 Å². The van der Waals surface area contributed by atoms with Crippen LogP contribution in [0.1, 0.15) is 146 Å². The summed E-state index contributed by atoms with van der Waals surface area (Å²) in [5.41, 5.74) is -3.05. The third kappa shape index (κ3) is 19.1. The van der Waals surface area contributed by atoms with Crippen LogP contribution < -0.4 is 66.2 Å². The number of benzene rings is 7. The first-order valence-electron chi connectivity index (χ1n) is 39.1. The number of phenols is 4. The van der Waals surface area contributed by atoms with E-state index in [1.807, 2.05) is 0 Å². The molecule has 0 saturated carbocycles. The van der Waals surface area contributed by atoms with Crippen LogP contribution in [0.2, 0.25) is 10.0 Å². The Labute approximate surface area is 699 Å². The average Bonchev–Trinajstić information content (AvgIpc) is 0.770. The lowest BCUT2D eigenvalue weighted by Gasteiger charge is -2.42. The summed E-state index contributed by atoms with van der Waals surface area (Å²) in [7, 11) is 1.43. The van der Waals surface area contributed by atoms with Crippen LogP contribution in [0.3, 0.4) is 0 Å². The summed E-state index contributed by atoms with van der Waals surface area (Å²) in [6.45, 7) is 0.189. The second-order valence-corrected chi connectivity index (χ2v) is 30.9. The van der Waals surface area contributed by atoms with Crippen molar-refractivity contribution >= 4 is 70.5 Å². The number of aliphatic hydroxyl groups is 8. The molecule has 0 spiro atoms. The first-order valence-corrected chi connectivity index (χ1v) is 39.8. The van der Waals surface area contributed by atoms with Gasteiger partial charge in [-0.3, -0.25) is 33.6 Å². The first kappa shape index (κ1) is 87.5. The number of carbonyl (C=O) groups is 8. The van der Waals surface area contributed by atoms with Gasteiger partial charge in [-0.25, -0.2) is 4.79 Å². The molecule has 21 N–H and O–H groups in total. The molecule has 2 saturated heterocycles. The van der Waals surface area contributed by atoms with Crippen LogP contribution >= 0.6 is 23.2 Å². The van der Waals surface area contributed by atoms with E-state index >= 15 is 24.0 Å². The highest BCUT2D eigenvalue weighted by Gasteiger charge is 2.50. The SMILES string of the molecule is CCCCCCCCCCCC(=O)N[C@H]1[C@H](Oc2c3cc4cc2Oc2ccc(cc2Cl)[C@@H](O)[C@@H]2NC(=O)[C@H](NC(=O)[C@@H]4NC(=O)[C@H]4NC(=O)[C@@H](Cc5ccc(cc5)O3)NC(=O)[C@@H](NC)c3ccc(O)c(c3)Oc3cc(O)c(Cl)c4c3)c3ccc(O)c(c3)-c3c(O[C@H]4O[C@H](CO)[C@@H](O)[C@H](O)[C@@H]4O)cc(O)cc3[C@H](C(=O)O)NC2=O)O[C@H](CO)[C@@H](O)[C@@H]1O. The Morgan fingerprint density at radius 1 is 0.512 bits per heavy atom. The van der Waals surface area contributed by atoms with Gasteiger partial charge in [0.25, 0.3) is 0 Å². The number of aliphatic hydroxyl groups excluding tert-OH is 8. The van der Waals surface area contributed by atoms with Crippen LogP contribution in [-0.4, -0.2) is 207 Å². The molecule has 38 heteroatoms. The molecule has 0 unspecified atom stereocenters. The summed E-state index contributed by atoms with van der Waals surface area (Å²) < 4.78 is 44.4. The van der Waals surface area contributed by atoms with Crippen molar-refractivity contribution in [1.82, 2.24) is 42.5 Å². The highest BCUT2D eigenvalue weighted by Crippen LogP contribution is 2.50. The number of likely N-dealkylation sites (N-methyl/N-ethyl adjacent to an activating group) is 1. The molecule has 17 bridgehead atoms. The third-order valence-corrected chi connectivity index (χ3v) is 22.5. The molecular weight excluding hydrogens is 1630 g/mol. The Hall–Kier alpha value is -11.4. The average molecular weight is 1720 g/mol. The van der Waals surface area contributed by atoms with E-state index in [4.69, 9.17) is 56.4 Å². The van der Waals surface area contributed by atoms with Gasteiger partial charge in [-0.05, 0) is 114 Å². The minimum atomic E-state index is -2.42. The predicted octanol–water partition coefficient (Wildman–Crippen LogP) is 4.24. The van der Waals surface area contributed by atoms with Crippen molar-refractivity contribution in [1.29, 1.82) is 0 Å². The molecule has 36 nitrogen and oxygen atoms in total. The van der Waals surface area contributed by atoms with Gasteiger partial charge in [0, 0.05) is 47.2 Å². The van der Waals surface area contributed by atoms with Crippen molar-refractivity contribution in [2.24, 2.45) is 0 Å². The van der Waals surface area contributed by atoms with Crippen molar-refractivity contribution in [3.8, 4) is 80.1 Å². The van der Waals surface area contributed by atoms with Crippen molar-refractivity contribution in [2.45, 2.75) is 187 Å². The minimum absolute atomic E-state index is 0.0784. The number of amides is 7. The van der Waals surface area contributed by atoms with Gasteiger partial charge in [0.2, 0.25) is 59.7 Å². The number of rotatable bonds is 19. The fourth-order valence-electron chi connectivity index (χ4n) is 15.3. The second-order valence-electron chi connectivity index (χ2n) is 30.1. The maximum Gasteiger partial charge on any atom is 0.330 e. The van der Waals surface area contributed by atoms with Crippen LogP contribution in [-0.2, 0) is 54.3 Å². The highest BCUT2D eigenvalue weighted by molar-refractivity contribution is 6.33. The largest absolute Gasteiger partial charge is 0.508 e. The van der Waals surface area contributed by atoms with E-state index in [1.54, 1.807) is 0 Å². The third-order valence-electron chi connectivity index (χ3n) is 21.7. The first-order chi connectivity index (χ1) is 57.9. The fourth-order valence-corrected chi connectivity index (χ4v) is 15.7. The lowest BCUT2D eigenvalue weighted by atomic mass is 9.89. The van der Waals surface area contributed by atoms with E-state index < -0.39 is 265 Å². The Balaban J connectivity index is 1.03. The fraction of sp³-hybridized carbons (Fsp3) is 0.398. The van der Waals surface area contributed by atoms with Crippen LogP contribution in [0.5, 0.6) is 69.0 Å². The zero-order valence-electron chi connectivity index (χ0n) is 64.7. The smallest absolute Gasteiger partial charge is 0.330 e. The molecule has 7 aromatic rings. The van der Waals surface area contributed by atoms with Gasteiger partial charge in [-0.15, -0.1) is 0 Å². The van der Waals surface area contributed by atoms with E-state index in [-0.39, 0.29) is 41.2 Å². The lowest BCUT2D eigenvalue weighted by molar-refractivity contribution is -0.277. The summed E-state index contributed by atoms with van der Waals surface area (Å²) in [6.07, 6.45) is -12.1. The molecule has 7 aromatic carbocycles. The van der Waals surface area contributed by atoms with E-state index in [1.165, 1.54) is 49.5 Å². The number of hydrogen-bond donors (Lipinski definition) is 21. The van der Waals surface area contributed by atoms with Crippen LogP contribution in [0.4, 0.5) is 0 Å². The molecule has 8 heterocycles. The quantitative estimate of drug-likeness (QED) is 0.0503. The van der Waals surface area contributed by atoms with E-state index in [9.17, 15) is 80.8 Å². The Bertz CT molecular complexity index is 5080. The van der Waals surface area contributed by atoms with Crippen LogP contribution in [0.25, 0.3) is 11.1 Å². The van der Waals surface area contributed by atoms with Crippen molar-refractivity contribution in [3.05, 3.63) is 164 Å². The van der Waals surface area contributed by atoms with Crippen LogP contribution in [0, 0.1) is 0 Å². The summed E-state index contributed by atoms with van der Waals surface area (Å²) in [5.74, 6) is -16.9. The molecule has 0 radical (unpaired) electrons. The zero-order valence-corrected chi connectivity index (χ0v) is 66.3. The van der Waals surface area contributed by atoms with Crippen molar-refractivity contribution in [2.75, 3.05) is 20.3 Å². The number of ether oxygens (including phenoxy) is 7. The molecular formula is C83H90Cl2N8O28. The predicted molar refractivity (Wildman–Crippen MR) is 423 cm³/mol. The molecule has 15 rings (SSSR count). The molecule has 121 heavy (non-hydrogen) atoms. The van der Waals surface area contributed by atoms with Crippen molar-refractivity contribution in [3.63, 3.8) is 0 Å². The van der Waals surface area contributed by atoms with E-state index in [0.717, 1.165) is 118 Å². The molecule has 8 aliphatic heterocycles. The van der Waals surface area contributed by atoms with Gasteiger partial charge in [0.05, 0.1) is 23.3 Å². The number of unbranched alkanes of at least 4 members (excludes halogenated alkanes) is 8. The maximum atomic E-state index is 16.7. The number of aliphatic carboxylic acids is 1. The highest BCUT2D eigenvalue weighted by atomic mass is 35.5. The number of carboxylic acids is 1. The maximum absolute atomic E-state index is 16.7. The minimum Gasteiger partial charge on any atom is -0.508 e. The van der Waals surface area contributed by atoms with Crippen LogP contribution in [0.15, 0.2) is 115 Å². The van der Waals surface area contributed by atoms with Gasteiger partial charge < -0.3 is 142 Å². The van der Waals surface area contributed by atoms with Gasteiger partial charge in [0.15, 0.2) is 29.0 Å². The van der Waals surface area contributed by atoms with Gasteiger partial charge in [0.1, 0.15) is 131 Å². The summed E-state index contributed by atoms with van der Waals surface area (Å²) >= 11 is 14.2. The zero-order chi connectivity index (χ0) is 86.5. The Morgan fingerprint density at radius 2 is 1.12 bits per heavy atom. The molecule has 18 atom stereocenters. The number of nitrogens with one attached hydrogen (secondary N) is 8. The number of fused-ring (bicyclic) bond motifs is 14. The van der Waals surface area contributed by atoms with Gasteiger partial charge in [-0.1, -0.05) is 112 Å².